The van der Waals surface area contributed by atoms with E-state index in [1.54, 1.807) is 19.1 Å². The summed E-state index contributed by atoms with van der Waals surface area (Å²) in [5.74, 6) is -3.61. The molecule has 0 radical (unpaired) electrons. The zero-order valence-electron chi connectivity index (χ0n) is 25.6. The van der Waals surface area contributed by atoms with Gasteiger partial charge in [-0.3, -0.25) is 0 Å². The number of benzene rings is 1. The summed E-state index contributed by atoms with van der Waals surface area (Å²) in [6, 6.07) is 6.17. The Hall–Kier alpha value is -3.20. The van der Waals surface area contributed by atoms with Crippen molar-refractivity contribution < 1.29 is 84.0 Å². The summed E-state index contributed by atoms with van der Waals surface area (Å²) in [5, 5.41) is 89.3. The summed E-state index contributed by atoms with van der Waals surface area (Å²) in [7, 11) is 0. The van der Waals surface area contributed by atoms with E-state index < -0.39 is 117 Å². The number of esters is 1. The molecule has 0 spiro atoms. The van der Waals surface area contributed by atoms with Gasteiger partial charge >= 0.3 is 11.9 Å². The third-order valence-electron chi connectivity index (χ3n) is 9.21. The van der Waals surface area contributed by atoms with Crippen molar-refractivity contribution in [2.24, 2.45) is 17.8 Å². The van der Waals surface area contributed by atoms with E-state index in [-0.39, 0.29) is 17.7 Å². The molecule has 3 heterocycles. The number of aliphatic hydroxyl groups excluding tert-OH is 8. The number of rotatable bonds is 10. The molecule has 1 aromatic carbocycles. The number of hydrogen-bond acceptors (Lipinski definition) is 16. The average molecular weight is 685 g/mol. The van der Waals surface area contributed by atoms with Crippen LogP contribution in [0.25, 0.3) is 6.08 Å². The molecule has 1 aromatic rings. The predicted octanol–water partition coefficient (Wildman–Crippen LogP) is -2.80. The smallest absolute Gasteiger partial charge is 0.334 e. The van der Waals surface area contributed by atoms with Crippen molar-refractivity contribution in [3.8, 4) is 5.75 Å². The summed E-state index contributed by atoms with van der Waals surface area (Å²) >= 11 is 0. The second-order valence-electron chi connectivity index (χ2n) is 12.2. The molecule has 0 amide bonds. The van der Waals surface area contributed by atoms with Crippen LogP contribution in [-0.2, 0) is 33.3 Å². The van der Waals surface area contributed by atoms with E-state index in [4.69, 9.17) is 28.4 Å². The van der Waals surface area contributed by atoms with Crippen molar-refractivity contribution in [3.63, 3.8) is 0 Å². The Labute approximate surface area is 273 Å². The third kappa shape index (κ3) is 7.36. The van der Waals surface area contributed by atoms with Crippen LogP contribution in [0, 0.1) is 17.8 Å². The lowest BCUT2D eigenvalue weighted by Crippen LogP contribution is -2.60. The van der Waals surface area contributed by atoms with Crippen LogP contribution in [0.5, 0.6) is 5.75 Å². The number of carbonyl (C=O) groups is 2. The van der Waals surface area contributed by atoms with Crippen molar-refractivity contribution in [2.45, 2.75) is 87.2 Å². The van der Waals surface area contributed by atoms with Gasteiger partial charge in [-0.1, -0.05) is 19.1 Å². The maximum Gasteiger partial charge on any atom is 0.334 e. The van der Waals surface area contributed by atoms with Gasteiger partial charge in [0.25, 0.3) is 0 Å². The minimum Gasteiger partial charge on any atom is -0.478 e. The first kappa shape index (κ1) is 36.1. The highest BCUT2D eigenvalue weighted by molar-refractivity contribution is 5.88. The zero-order valence-corrected chi connectivity index (χ0v) is 25.6. The molecule has 0 aromatic heterocycles. The van der Waals surface area contributed by atoms with Gasteiger partial charge in [0.15, 0.2) is 6.29 Å². The number of aliphatic carboxylic acids is 1. The Morgan fingerprint density at radius 1 is 0.833 bits per heavy atom. The highest BCUT2D eigenvalue weighted by atomic mass is 16.8. The normalized spacial score (nSPS) is 41.3. The number of hydrogen-bond donors (Lipinski definition) is 9. The molecule has 1 saturated carbocycles. The summed E-state index contributed by atoms with van der Waals surface area (Å²) in [4.78, 5) is 24.8. The van der Waals surface area contributed by atoms with E-state index in [1.165, 1.54) is 24.3 Å². The van der Waals surface area contributed by atoms with E-state index in [0.29, 0.717) is 5.56 Å². The standard InChI is InChI=1S/C31H40O17/c1-12-17(8-15-16(28(41)42)11-43-29(21(12)15)48-31-27(40)25(38)23(36)19(10-33)47-31)45-20(34)7-4-13-2-5-14(6-3-13)44-30-26(39)24(37)22(35)18(9-32)46-30/h2-7,11-12,15,17-19,21-27,29-33,35-40H,8-10H2,1H3,(H,41,42)/b7-4+/t12-,15+,17-,18+,19+,21+,22+,23+,24-,25-,26+,27+,29-,30+,31-/m0/s1. The van der Waals surface area contributed by atoms with Crippen molar-refractivity contribution in [2.75, 3.05) is 13.2 Å². The first-order chi connectivity index (χ1) is 22.8. The molecule has 5 rings (SSSR count). The van der Waals surface area contributed by atoms with Crippen molar-refractivity contribution >= 4 is 18.0 Å². The van der Waals surface area contributed by atoms with Gasteiger partial charge in [0.1, 0.15) is 60.7 Å². The van der Waals surface area contributed by atoms with Gasteiger partial charge in [-0.15, -0.1) is 0 Å². The van der Waals surface area contributed by atoms with Gasteiger partial charge in [-0.05, 0) is 30.2 Å². The van der Waals surface area contributed by atoms with E-state index in [1.807, 2.05) is 0 Å². The lowest BCUT2D eigenvalue weighted by atomic mass is 9.83. The quantitative estimate of drug-likeness (QED) is 0.0890. The van der Waals surface area contributed by atoms with Crippen molar-refractivity contribution in [1.82, 2.24) is 0 Å². The van der Waals surface area contributed by atoms with Crippen LogP contribution >= 0.6 is 0 Å². The molecule has 17 nitrogen and oxygen atoms in total. The Balaban J connectivity index is 1.20. The summed E-state index contributed by atoms with van der Waals surface area (Å²) in [6.45, 7) is 0.443. The van der Waals surface area contributed by atoms with Gasteiger partial charge in [0.2, 0.25) is 12.6 Å². The van der Waals surface area contributed by atoms with Crippen LogP contribution in [0.1, 0.15) is 18.9 Å². The molecule has 3 fully saturated rings. The van der Waals surface area contributed by atoms with Gasteiger partial charge < -0.3 is 74.4 Å². The van der Waals surface area contributed by atoms with E-state index in [2.05, 4.69) is 0 Å². The predicted molar refractivity (Wildman–Crippen MR) is 156 cm³/mol. The maximum absolute atomic E-state index is 12.8. The number of carbonyl (C=O) groups excluding carboxylic acids is 1. The Bertz CT molecular complexity index is 1330. The Morgan fingerprint density at radius 2 is 1.42 bits per heavy atom. The van der Waals surface area contributed by atoms with Crippen LogP contribution in [0.15, 0.2) is 42.2 Å². The first-order valence-corrected chi connectivity index (χ1v) is 15.3. The number of ether oxygens (including phenoxy) is 6. The molecule has 17 heteroatoms. The molecule has 15 atom stereocenters. The van der Waals surface area contributed by atoms with Crippen LogP contribution < -0.4 is 4.74 Å². The molecule has 48 heavy (non-hydrogen) atoms. The van der Waals surface area contributed by atoms with E-state index in [0.717, 1.165) is 6.26 Å². The summed E-state index contributed by atoms with van der Waals surface area (Å²) in [5.41, 5.74) is 0.486. The van der Waals surface area contributed by atoms with Gasteiger partial charge in [0.05, 0.1) is 25.0 Å². The molecule has 4 aliphatic rings. The molecule has 9 N–H and O–H groups in total. The van der Waals surface area contributed by atoms with Crippen LogP contribution in [0.3, 0.4) is 0 Å². The van der Waals surface area contributed by atoms with Crippen LogP contribution in [0.4, 0.5) is 0 Å². The molecule has 2 saturated heterocycles. The highest BCUT2D eigenvalue weighted by Crippen LogP contribution is 2.48. The second-order valence-corrected chi connectivity index (χ2v) is 12.2. The maximum atomic E-state index is 12.8. The Kier molecular flexibility index (Phi) is 11.4. The lowest BCUT2D eigenvalue weighted by Gasteiger charge is -2.43. The number of carboxylic acids is 1. The minimum atomic E-state index is -1.71. The largest absolute Gasteiger partial charge is 0.478 e. The van der Waals surface area contributed by atoms with Gasteiger partial charge in [0, 0.05) is 23.8 Å². The van der Waals surface area contributed by atoms with Crippen LogP contribution in [-0.4, -0.2) is 145 Å². The van der Waals surface area contributed by atoms with Gasteiger partial charge in [-0.2, -0.15) is 0 Å². The lowest BCUT2D eigenvalue weighted by molar-refractivity contribution is -0.342. The molecule has 3 aliphatic heterocycles. The Morgan fingerprint density at radius 3 is 2.00 bits per heavy atom. The fourth-order valence-electron chi connectivity index (χ4n) is 6.44. The molecule has 1 aliphatic carbocycles. The fraction of sp³-hybridized carbons (Fsp3) is 0.613. The second kappa shape index (κ2) is 15.1. The number of carboxylic acid groups (broad SMARTS) is 1. The average Bonchev–Trinajstić information content (AvgIpc) is 3.40. The summed E-state index contributed by atoms with van der Waals surface area (Å²) < 4.78 is 33.4. The molecular formula is C31H40O17. The van der Waals surface area contributed by atoms with E-state index in [9.17, 15) is 55.5 Å². The van der Waals surface area contributed by atoms with Crippen LogP contribution in [0.2, 0.25) is 0 Å². The molecule has 0 bridgehead atoms. The zero-order chi connectivity index (χ0) is 34.9. The molecule has 0 unspecified atom stereocenters. The summed E-state index contributed by atoms with van der Waals surface area (Å²) in [6.07, 6.45) is -13.2. The van der Waals surface area contributed by atoms with E-state index >= 15 is 0 Å². The molecule has 266 valence electrons. The van der Waals surface area contributed by atoms with Gasteiger partial charge in [-0.25, -0.2) is 9.59 Å². The third-order valence-corrected chi connectivity index (χ3v) is 9.21. The molecular weight excluding hydrogens is 644 g/mol. The SMILES string of the molecule is C[C@@H]1[C@H]2[C@H](O[C@@H]3O[C@H](CO)[C@@H](O)[C@H](O)[C@H]3O)OC=C(C(=O)O)[C@H]2C[C@@H]1OC(=O)/C=C/c1ccc(O[C@@H]2O[C@H](CO)[C@@H](O)[C@H](O)[C@H]2O)cc1. The topological polar surface area (TPSA) is 272 Å². The highest BCUT2D eigenvalue weighted by Gasteiger charge is 2.54. The first-order valence-electron chi connectivity index (χ1n) is 15.3. The van der Waals surface area contributed by atoms with Crippen molar-refractivity contribution in [3.05, 3.63) is 47.7 Å². The number of fused-ring (bicyclic) bond motifs is 1. The monoisotopic (exact) mass is 684 g/mol. The van der Waals surface area contributed by atoms with Crippen molar-refractivity contribution in [1.29, 1.82) is 0 Å². The fourth-order valence-corrected chi connectivity index (χ4v) is 6.44. The number of aliphatic hydroxyl groups is 8. The minimum absolute atomic E-state index is 0.0689.